The molecule has 2 aliphatic rings. The van der Waals surface area contributed by atoms with Crippen molar-refractivity contribution in [2.24, 2.45) is 4.99 Å². The van der Waals surface area contributed by atoms with Crippen molar-refractivity contribution in [3.05, 3.63) is 59.8 Å². The summed E-state index contributed by atoms with van der Waals surface area (Å²) in [6.45, 7) is 11.2. The fourth-order valence-electron chi connectivity index (χ4n) is 4.53. The van der Waals surface area contributed by atoms with E-state index in [0.717, 1.165) is 77.0 Å². The second-order valence-corrected chi connectivity index (χ2v) is 9.19. The van der Waals surface area contributed by atoms with Gasteiger partial charge in [-0.2, -0.15) is 0 Å². The number of anilines is 1. The Balaban J connectivity index is 1.29. The summed E-state index contributed by atoms with van der Waals surface area (Å²) in [6.07, 6.45) is 4.20. The number of nitrogens with one attached hydrogen (secondary N) is 2. The summed E-state index contributed by atoms with van der Waals surface area (Å²) in [5, 5.41) is 7.10. The predicted octanol–water partition coefficient (Wildman–Crippen LogP) is 2.55. The van der Waals surface area contributed by atoms with Gasteiger partial charge in [0.15, 0.2) is 5.96 Å². The largest absolute Gasteiger partial charge is 0.357 e. The molecule has 7 nitrogen and oxygen atoms in total. The zero-order chi connectivity index (χ0) is 22.9. The van der Waals surface area contributed by atoms with E-state index in [9.17, 15) is 0 Å². The van der Waals surface area contributed by atoms with Gasteiger partial charge >= 0.3 is 0 Å². The SMILES string of the molecule is CCNC(=NCc1ccnc(N2CCN(C)CC2)c1)NC1CCN(Cc2ccccc2)CC1. The van der Waals surface area contributed by atoms with Crippen LogP contribution in [0.5, 0.6) is 0 Å². The molecule has 1 aromatic carbocycles. The Bertz CT molecular complexity index is 869. The molecule has 0 amide bonds. The average molecular weight is 450 g/mol. The molecule has 178 valence electrons. The Morgan fingerprint density at radius 3 is 2.48 bits per heavy atom. The van der Waals surface area contributed by atoms with Crippen molar-refractivity contribution in [3.63, 3.8) is 0 Å². The molecule has 4 rings (SSSR count). The summed E-state index contributed by atoms with van der Waals surface area (Å²) >= 11 is 0. The molecule has 0 radical (unpaired) electrons. The number of piperidine rings is 1. The van der Waals surface area contributed by atoms with Crippen molar-refractivity contribution in [2.45, 2.75) is 38.9 Å². The van der Waals surface area contributed by atoms with Crippen LogP contribution < -0.4 is 15.5 Å². The second kappa shape index (κ2) is 12.0. The van der Waals surface area contributed by atoms with Crippen molar-refractivity contribution < 1.29 is 0 Å². The van der Waals surface area contributed by atoms with E-state index in [4.69, 9.17) is 4.99 Å². The molecule has 0 unspecified atom stereocenters. The van der Waals surface area contributed by atoms with Crippen LogP contribution in [0.2, 0.25) is 0 Å². The van der Waals surface area contributed by atoms with Gasteiger partial charge in [0.05, 0.1) is 6.54 Å². The Kier molecular flexibility index (Phi) is 8.55. The highest BCUT2D eigenvalue weighted by molar-refractivity contribution is 5.80. The molecule has 0 spiro atoms. The molecule has 2 fully saturated rings. The Morgan fingerprint density at radius 2 is 1.76 bits per heavy atom. The standard InChI is InChI=1S/C26H39N7/c1-3-27-26(30-24-10-13-32(14-11-24)21-22-7-5-4-6-8-22)29-20-23-9-12-28-25(19-23)33-17-15-31(2)16-18-33/h4-9,12,19,24H,3,10-11,13-18,20-21H2,1-2H3,(H2,27,29,30). The van der Waals surface area contributed by atoms with Crippen molar-refractivity contribution in [3.8, 4) is 0 Å². The van der Waals surface area contributed by atoms with E-state index in [0.29, 0.717) is 12.6 Å². The number of piperazine rings is 1. The van der Waals surface area contributed by atoms with Crippen LogP contribution in [-0.4, -0.2) is 79.6 Å². The molecule has 0 atom stereocenters. The molecule has 2 N–H and O–H groups in total. The van der Waals surface area contributed by atoms with Crippen LogP contribution in [0.15, 0.2) is 53.7 Å². The van der Waals surface area contributed by atoms with Crippen molar-refractivity contribution in [1.82, 2.24) is 25.4 Å². The molecule has 2 aliphatic heterocycles. The minimum absolute atomic E-state index is 0.466. The number of hydrogen-bond acceptors (Lipinski definition) is 5. The molecule has 33 heavy (non-hydrogen) atoms. The van der Waals surface area contributed by atoms with E-state index in [1.54, 1.807) is 0 Å². The monoisotopic (exact) mass is 449 g/mol. The minimum atomic E-state index is 0.466. The van der Waals surface area contributed by atoms with Crippen molar-refractivity contribution >= 4 is 11.8 Å². The second-order valence-electron chi connectivity index (χ2n) is 9.19. The lowest BCUT2D eigenvalue weighted by Gasteiger charge is -2.33. The highest BCUT2D eigenvalue weighted by Crippen LogP contribution is 2.16. The number of benzene rings is 1. The molecule has 2 aromatic rings. The fraction of sp³-hybridized carbons (Fsp3) is 0.538. The summed E-state index contributed by atoms with van der Waals surface area (Å²) in [5.41, 5.74) is 2.60. The lowest BCUT2D eigenvalue weighted by Crippen LogP contribution is -2.48. The van der Waals surface area contributed by atoms with Crippen LogP contribution in [0.4, 0.5) is 5.82 Å². The molecule has 3 heterocycles. The maximum Gasteiger partial charge on any atom is 0.191 e. The zero-order valence-electron chi connectivity index (χ0n) is 20.2. The maximum absolute atomic E-state index is 4.89. The molecule has 0 bridgehead atoms. The normalized spacial score (nSPS) is 19.0. The molecular weight excluding hydrogens is 410 g/mol. The summed E-state index contributed by atoms with van der Waals surface area (Å²) < 4.78 is 0. The van der Waals surface area contributed by atoms with Gasteiger partial charge in [-0.15, -0.1) is 0 Å². The van der Waals surface area contributed by atoms with Gasteiger partial charge in [0.25, 0.3) is 0 Å². The van der Waals surface area contributed by atoms with Gasteiger partial charge < -0.3 is 20.4 Å². The van der Waals surface area contributed by atoms with Crippen LogP contribution in [0, 0.1) is 0 Å². The Hall–Kier alpha value is -2.64. The number of guanidine groups is 1. The summed E-state index contributed by atoms with van der Waals surface area (Å²) in [5.74, 6) is 1.98. The minimum Gasteiger partial charge on any atom is -0.357 e. The van der Waals surface area contributed by atoms with Gasteiger partial charge in [-0.3, -0.25) is 4.90 Å². The fourth-order valence-corrected chi connectivity index (χ4v) is 4.53. The van der Waals surface area contributed by atoms with E-state index in [1.807, 2.05) is 6.20 Å². The first kappa shape index (κ1) is 23.5. The third kappa shape index (κ3) is 7.17. The quantitative estimate of drug-likeness (QED) is 0.501. The van der Waals surface area contributed by atoms with Crippen molar-refractivity contribution in [2.75, 3.05) is 57.8 Å². The molecular formula is C26H39N7. The summed E-state index contributed by atoms with van der Waals surface area (Å²) in [4.78, 5) is 16.8. The van der Waals surface area contributed by atoms with Gasteiger partial charge in [-0.25, -0.2) is 9.98 Å². The van der Waals surface area contributed by atoms with Crippen LogP contribution >= 0.6 is 0 Å². The number of aliphatic imine (C=N–C) groups is 1. The molecule has 0 saturated carbocycles. The Labute approximate surface area is 198 Å². The van der Waals surface area contributed by atoms with Crippen LogP contribution in [0.3, 0.4) is 0 Å². The molecule has 1 aromatic heterocycles. The summed E-state index contributed by atoms with van der Waals surface area (Å²) in [7, 11) is 2.18. The van der Waals surface area contributed by atoms with E-state index in [2.05, 4.69) is 86.8 Å². The molecule has 7 heteroatoms. The number of aromatic nitrogens is 1. The van der Waals surface area contributed by atoms with Gasteiger partial charge in [0.1, 0.15) is 5.82 Å². The number of hydrogen-bond donors (Lipinski definition) is 2. The topological polar surface area (TPSA) is 59.0 Å². The maximum atomic E-state index is 4.89. The van der Waals surface area contributed by atoms with E-state index < -0.39 is 0 Å². The van der Waals surface area contributed by atoms with Crippen LogP contribution in [0.25, 0.3) is 0 Å². The lowest BCUT2D eigenvalue weighted by molar-refractivity contribution is 0.198. The number of pyridine rings is 1. The number of nitrogens with zero attached hydrogens (tertiary/aromatic N) is 5. The van der Waals surface area contributed by atoms with Crippen LogP contribution in [0.1, 0.15) is 30.9 Å². The smallest absolute Gasteiger partial charge is 0.191 e. The average Bonchev–Trinajstić information content (AvgIpc) is 2.85. The van der Waals surface area contributed by atoms with Gasteiger partial charge in [-0.1, -0.05) is 30.3 Å². The molecule has 2 saturated heterocycles. The highest BCUT2D eigenvalue weighted by Gasteiger charge is 2.20. The first-order valence-electron chi connectivity index (χ1n) is 12.4. The van der Waals surface area contributed by atoms with Gasteiger partial charge in [0, 0.05) is 64.6 Å². The first-order valence-corrected chi connectivity index (χ1v) is 12.4. The highest BCUT2D eigenvalue weighted by atomic mass is 15.3. The first-order chi connectivity index (χ1) is 16.2. The van der Waals surface area contributed by atoms with Crippen LogP contribution in [-0.2, 0) is 13.1 Å². The van der Waals surface area contributed by atoms with Crippen molar-refractivity contribution in [1.29, 1.82) is 0 Å². The van der Waals surface area contributed by atoms with Gasteiger partial charge in [-0.05, 0) is 50.1 Å². The van der Waals surface area contributed by atoms with E-state index >= 15 is 0 Å². The number of likely N-dealkylation sites (tertiary alicyclic amines) is 1. The zero-order valence-corrected chi connectivity index (χ0v) is 20.2. The molecule has 0 aliphatic carbocycles. The third-order valence-electron chi connectivity index (χ3n) is 6.58. The van der Waals surface area contributed by atoms with E-state index in [1.165, 1.54) is 11.1 Å². The number of likely N-dealkylation sites (N-methyl/N-ethyl adjacent to an activating group) is 1. The van der Waals surface area contributed by atoms with Gasteiger partial charge in [0.2, 0.25) is 0 Å². The summed E-state index contributed by atoms with van der Waals surface area (Å²) in [6, 6.07) is 15.5. The Morgan fingerprint density at radius 1 is 1.00 bits per heavy atom. The predicted molar refractivity (Wildman–Crippen MR) is 137 cm³/mol. The van der Waals surface area contributed by atoms with E-state index in [-0.39, 0.29) is 0 Å². The lowest BCUT2D eigenvalue weighted by atomic mass is 10.0. The number of rotatable bonds is 7. The third-order valence-corrected chi connectivity index (χ3v) is 6.58.